The van der Waals surface area contributed by atoms with Gasteiger partial charge in [0.05, 0.1) is 11.9 Å². The topological polar surface area (TPSA) is 83.0 Å². The first-order valence-corrected chi connectivity index (χ1v) is 11.1. The summed E-state index contributed by atoms with van der Waals surface area (Å²) in [5.41, 5.74) is 2.22. The summed E-state index contributed by atoms with van der Waals surface area (Å²) in [4.78, 5) is 4.21. The molecule has 1 aliphatic heterocycles. The first-order valence-electron chi connectivity index (χ1n) is 9.54. The van der Waals surface area contributed by atoms with Crippen LogP contribution in [0.15, 0.2) is 23.2 Å². The Balaban J connectivity index is 0.00000392. The molecule has 1 aliphatic rings. The van der Waals surface area contributed by atoms with Crippen molar-refractivity contribution in [3.05, 3.63) is 29.3 Å². The minimum atomic E-state index is -3.05. The number of nitrogens with one attached hydrogen (secondary N) is 2. The molecule has 0 bridgehead atoms. The first kappa shape index (κ1) is 25.0. The van der Waals surface area contributed by atoms with Crippen molar-refractivity contribution in [3.63, 3.8) is 0 Å². The lowest BCUT2D eigenvalue weighted by atomic mass is 10.1. The second kappa shape index (κ2) is 11.8. The van der Waals surface area contributed by atoms with E-state index in [2.05, 4.69) is 47.7 Å². The summed E-state index contributed by atoms with van der Waals surface area (Å²) in [7, 11) is -1.35. The van der Waals surface area contributed by atoms with Crippen molar-refractivity contribution in [3.8, 4) is 5.75 Å². The zero-order valence-corrected chi connectivity index (χ0v) is 20.3. The summed E-state index contributed by atoms with van der Waals surface area (Å²) in [5.74, 6) is 1.78. The summed E-state index contributed by atoms with van der Waals surface area (Å²) >= 11 is 0. The molecule has 9 heteroatoms. The number of hydrogen-bond acceptors (Lipinski definition) is 4. The number of sulfonamides is 1. The number of ether oxygens (including phenoxy) is 1. The Morgan fingerprint density at radius 2 is 2.11 bits per heavy atom. The fraction of sp³-hybridized carbons (Fsp3) is 0.632. The maximum absolute atomic E-state index is 11.8. The van der Waals surface area contributed by atoms with E-state index in [1.54, 1.807) is 7.05 Å². The number of guanidine groups is 1. The van der Waals surface area contributed by atoms with Crippen LogP contribution in [0, 0.1) is 6.92 Å². The molecule has 0 aliphatic carbocycles. The highest BCUT2D eigenvalue weighted by atomic mass is 127. The number of aliphatic imine (C=N–C) groups is 1. The first-order chi connectivity index (χ1) is 12.9. The average molecular weight is 524 g/mol. The molecule has 1 heterocycles. The molecular formula is C19H33IN4O3S. The molecule has 0 radical (unpaired) electrons. The number of hydrogen-bond donors (Lipinski definition) is 2. The molecule has 1 unspecified atom stereocenters. The Morgan fingerprint density at radius 1 is 1.36 bits per heavy atom. The molecule has 160 valence electrons. The van der Waals surface area contributed by atoms with Crippen LogP contribution in [0.4, 0.5) is 0 Å². The number of benzene rings is 1. The van der Waals surface area contributed by atoms with Crippen molar-refractivity contribution in [2.45, 2.75) is 46.3 Å². The van der Waals surface area contributed by atoms with Gasteiger partial charge in [-0.25, -0.2) is 12.7 Å². The summed E-state index contributed by atoms with van der Waals surface area (Å²) in [5, 5.41) is 6.45. The van der Waals surface area contributed by atoms with Crippen LogP contribution in [0.5, 0.6) is 5.75 Å². The third-order valence-corrected chi connectivity index (χ3v) is 6.61. The van der Waals surface area contributed by atoms with Crippen molar-refractivity contribution in [2.75, 3.05) is 32.4 Å². The van der Waals surface area contributed by atoms with Crippen molar-refractivity contribution >= 4 is 40.0 Å². The molecule has 1 fully saturated rings. The summed E-state index contributed by atoms with van der Waals surface area (Å²) < 4.78 is 31.2. The minimum absolute atomic E-state index is 0. The van der Waals surface area contributed by atoms with Gasteiger partial charge in [-0.2, -0.15) is 0 Å². The fourth-order valence-corrected chi connectivity index (χ4v) is 4.39. The van der Waals surface area contributed by atoms with Crippen LogP contribution in [0.25, 0.3) is 0 Å². The number of nitrogens with zero attached hydrogens (tertiary/aromatic N) is 2. The van der Waals surface area contributed by atoms with Crippen LogP contribution >= 0.6 is 24.0 Å². The lowest BCUT2D eigenvalue weighted by molar-refractivity contribution is 0.215. The Hall–Kier alpha value is -1.07. The van der Waals surface area contributed by atoms with Gasteiger partial charge in [-0.15, -0.1) is 24.0 Å². The van der Waals surface area contributed by atoms with Crippen molar-refractivity contribution in [2.24, 2.45) is 4.99 Å². The number of rotatable bonds is 8. The van der Waals surface area contributed by atoms with Gasteiger partial charge in [0.15, 0.2) is 5.96 Å². The molecule has 1 aromatic rings. The van der Waals surface area contributed by atoms with E-state index in [4.69, 9.17) is 4.74 Å². The number of halogens is 1. The Morgan fingerprint density at radius 3 is 2.71 bits per heavy atom. The predicted octanol–water partition coefficient (Wildman–Crippen LogP) is 2.49. The molecule has 2 rings (SSSR count). The zero-order valence-electron chi connectivity index (χ0n) is 17.2. The zero-order chi connectivity index (χ0) is 19.9. The van der Waals surface area contributed by atoms with Gasteiger partial charge in [-0.3, -0.25) is 4.99 Å². The van der Waals surface area contributed by atoms with Crippen LogP contribution in [0.2, 0.25) is 0 Å². The SMILES string of the molecule is CCC(C)Oc1cc(C)ccc1CNC(=NC)NCCN1CCCS1(=O)=O.I. The smallest absolute Gasteiger partial charge is 0.214 e. The summed E-state index contributed by atoms with van der Waals surface area (Å²) in [6.45, 7) is 8.37. The van der Waals surface area contributed by atoms with Crippen LogP contribution in [-0.4, -0.2) is 57.2 Å². The average Bonchev–Trinajstić information content (AvgIpc) is 2.97. The van der Waals surface area contributed by atoms with Crippen LogP contribution in [0.3, 0.4) is 0 Å². The monoisotopic (exact) mass is 524 g/mol. The molecule has 0 aromatic heterocycles. The largest absolute Gasteiger partial charge is 0.490 e. The summed E-state index contributed by atoms with van der Waals surface area (Å²) in [6, 6.07) is 6.18. The molecule has 28 heavy (non-hydrogen) atoms. The Kier molecular flexibility index (Phi) is 10.5. The molecule has 0 saturated carbocycles. The highest BCUT2D eigenvalue weighted by molar-refractivity contribution is 14.0. The van der Waals surface area contributed by atoms with Crippen molar-refractivity contribution in [1.29, 1.82) is 0 Å². The normalized spacial score (nSPS) is 17.6. The van der Waals surface area contributed by atoms with Gasteiger partial charge in [0.25, 0.3) is 0 Å². The van der Waals surface area contributed by atoms with E-state index in [9.17, 15) is 8.42 Å². The van der Waals surface area contributed by atoms with E-state index in [1.807, 2.05) is 6.92 Å². The summed E-state index contributed by atoms with van der Waals surface area (Å²) in [6.07, 6.45) is 1.82. The molecule has 2 N–H and O–H groups in total. The van der Waals surface area contributed by atoms with Crippen molar-refractivity contribution in [1.82, 2.24) is 14.9 Å². The fourth-order valence-electron chi connectivity index (χ4n) is 2.86. The highest BCUT2D eigenvalue weighted by Gasteiger charge is 2.27. The van der Waals surface area contributed by atoms with Crippen LogP contribution in [-0.2, 0) is 16.6 Å². The minimum Gasteiger partial charge on any atom is -0.490 e. The Bertz CT molecular complexity index is 756. The van der Waals surface area contributed by atoms with Gasteiger partial charge in [-0.05, 0) is 38.3 Å². The van der Waals surface area contributed by atoms with E-state index >= 15 is 0 Å². The molecule has 1 saturated heterocycles. The van der Waals surface area contributed by atoms with Gasteiger partial charge in [-0.1, -0.05) is 19.1 Å². The highest BCUT2D eigenvalue weighted by Crippen LogP contribution is 2.22. The third kappa shape index (κ3) is 7.40. The van der Waals surface area contributed by atoms with Crippen molar-refractivity contribution < 1.29 is 13.2 Å². The maximum atomic E-state index is 11.8. The number of aryl methyl sites for hydroxylation is 1. The molecule has 1 atom stereocenters. The van der Waals surface area contributed by atoms with Crippen LogP contribution < -0.4 is 15.4 Å². The van der Waals surface area contributed by atoms with E-state index in [-0.39, 0.29) is 35.8 Å². The van der Waals surface area contributed by atoms with Gasteiger partial charge >= 0.3 is 0 Å². The third-order valence-electron chi connectivity index (χ3n) is 4.65. The molecule has 0 amide bonds. The standard InChI is InChI=1S/C19H32N4O3S.HI/c1-5-16(3)26-18-13-15(2)7-8-17(18)14-22-19(20-4)21-9-11-23-10-6-12-27(23,24)25;/h7-8,13,16H,5-6,9-12,14H2,1-4H3,(H2,20,21,22);1H. The van der Waals surface area contributed by atoms with E-state index in [0.717, 1.165) is 23.3 Å². The van der Waals surface area contributed by atoms with E-state index in [0.29, 0.717) is 38.6 Å². The van der Waals surface area contributed by atoms with Crippen LogP contribution in [0.1, 0.15) is 37.8 Å². The Labute approximate surface area is 186 Å². The van der Waals surface area contributed by atoms with E-state index < -0.39 is 10.0 Å². The quantitative estimate of drug-likeness (QED) is 0.310. The van der Waals surface area contributed by atoms with E-state index in [1.165, 1.54) is 4.31 Å². The molecular weight excluding hydrogens is 491 g/mol. The van der Waals surface area contributed by atoms with Gasteiger partial charge in [0.1, 0.15) is 5.75 Å². The van der Waals surface area contributed by atoms with Gasteiger partial charge < -0.3 is 15.4 Å². The van der Waals surface area contributed by atoms with Gasteiger partial charge in [0, 0.05) is 38.8 Å². The van der Waals surface area contributed by atoms with Gasteiger partial charge in [0.2, 0.25) is 10.0 Å². The second-order valence-corrected chi connectivity index (χ2v) is 8.96. The maximum Gasteiger partial charge on any atom is 0.214 e. The lowest BCUT2D eigenvalue weighted by Crippen LogP contribution is -2.41. The lowest BCUT2D eigenvalue weighted by Gasteiger charge is -2.19. The molecule has 0 spiro atoms. The predicted molar refractivity (Wildman–Crippen MR) is 125 cm³/mol. The molecule has 7 nitrogen and oxygen atoms in total. The molecule has 1 aromatic carbocycles. The second-order valence-electron chi connectivity index (χ2n) is 6.87.